The SMILES string of the molecule is Cc1cc2c(-c3cncnc3)cc(F)cc2c(-c2ccc3c4c(ccnc24)CCO3)c1C(OC(C)(C)C)C(=O)O. The lowest BCUT2D eigenvalue weighted by Gasteiger charge is -2.29. The maximum absolute atomic E-state index is 15.4. The molecule has 202 valence electrons. The number of hydrogen-bond acceptors (Lipinski definition) is 6. The van der Waals surface area contributed by atoms with E-state index >= 15 is 4.39 Å². The van der Waals surface area contributed by atoms with Crippen LogP contribution in [-0.2, 0) is 16.0 Å². The molecule has 1 unspecified atom stereocenters. The zero-order valence-corrected chi connectivity index (χ0v) is 22.7. The smallest absolute Gasteiger partial charge is 0.337 e. The summed E-state index contributed by atoms with van der Waals surface area (Å²) in [5.41, 5.74) is 4.64. The van der Waals surface area contributed by atoms with E-state index in [9.17, 15) is 9.90 Å². The van der Waals surface area contributed by atoms with Gasteiger partial charge in [-0.25, -0.2) is 19.2 Å². The van der Waals surface area contributed by atoms with Crippen LogP contribution in [-0.4, -0.2) is 38.2 Å². The van der Waals surface area contributed by atoms with Crippen LogP contribution in [0.25, 0.3) is 43.9 Å². The second-order valence-electron chi connectivity index (χ2n) is 11.0. The summed E-state index contributed by atoms with van der Waals surface area (Å²) >= 11 is 0. The Morgan fingerprint density at radius 1 is 1.07 bits per heavy atom. The Kier molecular flexibility index (Phi) is 6.22. The molecule has 1 aliphatic heterocycles. The van der Waals surface area contributed by atoms with Gasteiger partial charge in [-0.1, -0.05) is 6.07 Å². The third kappa shape index (κ3) is 4.44. The molecule has 0 saturated heterocycles. The first-order chi connectivity index (χ1) is 19.1. The molecular formula is C32H28FN3O4. The van der Waals surface area contributed by atoms with Gasteiger partial charge in [0.1, 0.15) is 17.9 Å². The molecule has 1 aliphatic rings. The minimum absolute atomic E-state index is 0.454. The van der Waals surface area contributed by atoms with Crippen LogP contribution in [0.5, 0.6) is 5.75 Å². The quantitative estimate of drug-likeness (QED) is 0.262. The lowest BCUT2D eigenvalue weighted by atomic mass is 9.84. The van der Waals surface area contributed by atoms with Crippen LogP contribution in [0.15, 0.2) is 61.3 Å². The number of pyridine rings is 1. The van der Waals surface area contributed by atoms with Crippen molar-refractivity contribution in [3.63, 3.8) is 0 Å². The monoisotopic (exact) mass is 537 g/mol. The molecule has 3 heterocycles. The second-order valence-corrected chi connectivity index (χ2v) is 11.0. The molecule has 0 aliphatic carbocycles. The van der Waals surface area contributed by atoms with E-state index in [1.54, 1.807) is 18.6 Å². The van der Waals surface area contributed by atoms with Crippen molar-refractivity contribution in [3.05, 3.63) is 83.8 Å². The maximum atomic E-state index is 15.4. The standard InChI is InChI=1S/C32H28FN3O4/c1-17-11-23-22(19-14-34-16-35-15-19)12-20(33)13-24(23)28(26(17)30(31(37)38)40-32(2,3)4)21-5-6-25-27-18(8-10-39-25)7-9-36-29(21)27/h5-7,9,11-16,30H,8,10H2,1-4H3,(H,37,38). The van der Waals surface area contributed by atoms with Gasteiger partial charge in [0, 0.05) is 47.1 Å². The minimum Gasteiger partial charge on any atom is -0.493 e. The molecule has 0 saturated carbocycles. The van der Waals surface area contributed by atoms with E-state index in [0.29, 0.717) is 50.9 Å². The Hall–Kier alpha value is -4.43. The number of carboxylic acid groups (broad SMARTS) is 1. The number of benzene rings is 3. The summed E-state index contributed by atoms with van der Waals surface area (Å²) in [7, 11) is 0. The van der Waals surface area contributed by atoms with Crippen LogP contribution in [0.2, 0.25) is 0 Å². The highest BCUT2D eigenvalue weighted by Gasteiger charge is 2.33. The van der Waals surface area contributed by atoms with Gasteiger partial charge in [-0.15, -0.1) is 0 Å². The number of carbonyl (C=O) groups is 1. The van der Waals surface area contributed by atoms with Crippen LogP contribution in [0.1, 0.15) is 43.6 Å². The summed E-state index contributed by atoms with van der Waals surface area (Å²) in [6.45, 7) is 7.86. The summed E-state index contributed by atoms with van der Waals surface area (Å²) in [4.78, 5) is 25.8. The Morgan fingerprint density at radius 3 is 2.58 bits per heavy atom. The van der Waals surface area contributed by atoms with E-state index in [1.807, 2.05) is 52.0 Å². The number of rotatable bonds is 5. The largest absolute Gasteiger partial charge is 0.493 e. The number of fused-ring (bicyclic) bond motifs is 1. The number of carboxylic acids is 1. The fourth-order valence-electron chi connectivity index (χ4n) is 5.61. The van der Waals surface area contributed by atoms with Crippen LogP contribution in [0, 0.1) is 12.7 Å². The number of halogens is 1. The average molecular weight is 538 g/mol. The van der Waals surface area contributed by atoms with Gasteiger partial charge in [0.15, 0.2) is 6.10 Å². The van der Waals surface area contributed by atoms with Gasteiger partial charge in [-0.3, -0.25) is 4.98 Å². The van der Waals surface area contributed by atoms with Gasteiger partial charge in [0.25, 0.3) is 0 Å². The van der Waals surface area contributed by atoms with E-state index in [4.69, 9.17) is 14.5 Å². The van der Waals surface area contributed by atoms with Crippen LogP contribution >= 0.6 is 0 Å². The molecule has 5 aromatic rings. The van der Waals surface area contributed by atoms with Gasteiger partial charge in [-0.2, -0.15) is 0 Å². The first kappa shape index (κ1) is 25.8. The number of ether oxygens (including phenoxy) is 2. The Labute approximate surface area is 230 Å². The first-order valence-corrected chi connectivity index (χ1v) is 13.1. The lowest BCUT2D eigenvalue weighted by molar-refractivity contribution is -0.160. The lowest BCUT2D eigenvalue weighted by Crippen LogP contribution is -2.28. The molecule has 40 heavy (non-hydrogen) atoms. The van der Waals surface area contributed by atoms with Crippen molar-refractivity contribution in [3.8, 4) is 28.0 Å². The summed E-state index contributed by atoms with van der Waals surface area (Å²) in [6, 6.07) is 10.5. The van der Waals surface area contributed by atoms with Crippen molar-refractivity contribution in [2.45, 2.75) is 45.8 Å². The first-order valence-electron chi connectivity index (χ1n) is 13.1. The Balaban J connectivity index is 1.78. The summed E-state index contributed by atoms with van der Waals surface area (Å²) < 4.78 is 27.5. The molecule has 1 N–H and O–H groups in total. The summed E-state index contributed by atoms with van der Waals surface area (Å²) in [5.74, 6) is -0.878. The van der Waals surface area contributed by atoms with Crippen LogP contribution in [0.4, 0.5) is 4.39 Å². The predicted molar refractivity (Wildman–Crippen MR) is 151 cm³/mol. The zero-order valence-electron chi connectivity index (χ0n) is 22.7. The molecule has 7 nitrogen and oxygen atoms in total. The van der Waals surface area contributed by atoms with Gasteiger partial charge in [0.05, 0.1) is 17.7 Å². The van der Waals surface area contributed by atoms with Crippen molar-refractivity contribution >= 4 is 27.6 Å². The van der Waals surface area contributed by atoms with E-state index in [2.05, 4.69) is 9.97 Å². The molecule has 0 bridgehead atoms. The predicted octanol–water partition coefficient (Wildman–Crippen LogP) is 6.84. The molecule has 3 aromatic carbocycles. The van der Waals surface area contributed by atoms with Gasteiger partial charge in [-0.05, 0) is 91.1 Å². The highest BCUT2D eigenvalue weighted by atomic mass is 19.1. The van der Waals surface area contributed by atoms with Crippen molar-refractivity contribution < 1.29 is 23.8 Å². The zero-order chi connectivity index (χ0) is 28.2. The van der Waals surface area contributed by atoms with E-state index in [1.165, 1.54) is 18.5 Å². The van der Waals surface area contributed by atoms with Gasteiger partial charge in [0.2, 0.25) is 0 Å². The highest BCUT2D eigenvalue weighted by Crippen LogP contribution is 2.46. The number of hydrogen-bond donors (Lipinski definition) is 1. The molecule has 1 atom stereocenters. The van der Waals surface area contributed by atoms with E-state index in [-0.39, 0.29) is 0 Å². The molecular weight excluding hydrogens is 509 g/mol. The van der Waals surface area contributed by atoms with Crippen molar-refractivity contribution in [2.75, 3.05) is 6.61 Å². The molecule has 0 fully saturated rings. The molecule has 0 amide bonds. The summed E-state index contributed by atoms with van der Waals surface area (Å²) in [6.07, 6.45) is 5.86. The van der Waals surface area contributed by atoms with Crippen molar-refractivity contribution in [1.29, 1.82) is 0 Å². The molecule has 0 spiro atoms. The minimum atomic E-state index is -1.31. The molecule has 2 aromatic heterocycles. The number of aryl methyl sites for hydroxylation is 1. The topological polar surface area (TPSA) is 94.4 Å². The van der Waals surface area contributed by atoms with Gasteiger partial charge >= 0.3 is 5.97 Å². The Bertz CT molecular complexity index is 1790. The second kappa shape index (κ2) is 9.64. The highest BCUT2D eigenvalue weighted by molar-refractivity contribution is 6.11. The fourth-order valence-corrected chi connectivity index (χ4v) is 5.61. The van der Waals surface area contributed by atoms with Crippen molar-refractivity contribution in [1.82, 2.24) is 15.0 Å². The third-order valence-electron chi connectivity index (χ3n) is 7.14. The molecule has 0 radical (unpaired) electrons. The normalized spacial score (nSPS) is 13.8. The van der Waals surface area contributed by atoms with E-state index < -0.39 is 23.5 Å². The third-order valence-corrected chi connectivity index (χ3v) is 7.14. The number of aliphatic carboxylic acids is 1. The average Bonchev–Trinajstić information content (AvgIpc) is 2.92. The Morgan fingerprint density at radius 2 is 1.85 bits per heavy atom. The van der Waals surface area contributed by atoms with Gasteiger partial charge < -0.3 is 14.6 Å². The van der Waals surface area contributed by atoms with E-state index in [0.717, 1.165) is 28.5 Å². The fraction of sp³-hybridized carbons (Fsp3) is 0.250. The number of nitrogens with zero attached hydrogens (tertiary/aromatic N) is 3. The molecule has 6 rings (SSSR count). The number of aromatic nitrogens is 3. The van der Waals surface area contributed by atoms with Crippen LogP contribution in [0.3, 0.4) is 0 Å². The maximum Gasteiger partial charge on any atom is 0.337 e. The summed E-state index contributed by atoms with van der Waals surface area (Å²) in [5, 5.41) is 12.6. The van der Waals surface area contributed by atoms with Crippen molar-refractivity contribution in [2.24, 2.45) is 0 Å². The molecule has 8 heteroatoms. The van der Waals surface area contributed by atoms with Crippen LogP contribution < -0.4 is 4.74 Å².